The molecule has 1 aliphatic heterocycles. The van der Waals surface area contributed by atoms with E-state index in [1.807, 2.05) is 11.8 Å². The predicted octanol–water partition coefficient (Wildman–Crippen LogP) is 4.68. The molecule has 0 aliphatic carbocycles. The second-order valence-electron chi connectivity index (χ2n) is 9.55. The number of ether oxygens (including phenoxy) is 1. The van der Waals surface area contributed by atoms with Crippen LogP contribution in [0.3, 0.4) is 0 Å². The molecule has 1 aromatic carbocycles. The van der Waals surface area contributed by atoms with Gasteiger partial charge in [0.05, 0.1) is 13.7 Å². The first-order valence-corrected chi connectivity index (χ1v) is 11.6. The number of fused-ring (bicyclic) bond motifs is 1. The molecule has 3 rings (SSSR count). The molecule has 1 aromatic heterocycles. The van der Waals surface area contributed by atoms with Crippen LogP contribution in [0.15, 0.2) is 6.07 Å². The van der Waals surface area contributed by atoms with Crippen LogP contribution in [0, 0.1) is 33.6 Å². The van der Waals surface area contributed by atoms with Crippen molar-refractivity contribution in [2.24, 2.45) is 5.92 Å². The van der Waals surface area contributed by atoms with Gasteiger partial charge in [-0.1, -0.05) is 13.8 Å². The Morgan fingerprint density at radius 2 is 1.81 bits per heavy atom. The van der Waals surface area contributed by atoms with E-state index in [4.69, 9.17) is 14.7 Å². The van der Waals surface area contributed by atoms with E-state index in [0.29, 0.717) is 18.9 Å². The molecule has 2 heterocycles. The maximum absolute atomic E-state index is 12.7. The third-order valence-corrected chi connectivity index (χ3v) is 6.58. The van der Waals surface area contributed by atoms with Crippen LogP contribution in [0.2, 0.25) is 0 Å². The number of carbonyl (C=O) groups is 1. The average Bonchev–Trinajstić information content (AvgIpc) is 2.72. The zero-order valence-electron chi connectivity index (χ0n) is 21.0. The standard InChI is InChI=1S/C26H38N4O2/c1-16(2)11-12-30-25(31)10-9-21-20(6)27-24(28-26(21)30)15-29(7)14-22-17(3)13-23(32-8)19(5)18(22)4/h13,16H,9-12,14-15H2,1-8H3. The number of anilines is 1. The van der Waals surface area contributed by atoms with Gasteiger partial charge >= 0.3 is 0 Å². The lowest BCUT2D eigenvalue weighted by molar-refractivity contribution is -0.119. The predicted molar refractivity (Wildman–Crippen MR) is 129 cm³/mol. The molecule has 0 saturated carbocycles. The van der Waals surface area contributed by atoms with Crippen LogP contribution in [0.5, 0.6) is 5.75 Å². The highest BCUT2D eigenvalue weighted by Crippen LogP contribution is 2.30. The van der Waals surface area contributed by atoms with Gasteiger partial charge in [0, 0.05) is 30.8 Å². The minimum absolute atomic E-state index is 0.176. The van der Waals surface area contributed by atoms with Gasteiger partial charge in [-0.25, -0.2) is 9.97 Å². The molecule has 174 valence electrons. The van der Waals surface area contributed by atoms with Crippen molar-refractivity contribution >= 4 is 11.7 Å². The summed E-state index contributed by atoms with van der Waals surface area (Å²) in [7, 11) is 3.82. The number of hydrogen-bond acceptors (Lipinski definition) is 5. The Morgan fingerprint density at radius 1 is 1.09 bits per heavy atom. The summed E-state index contributed by atoms with van der Waals surface area (Å²) in [6.45, 7) is 15.0. The topological polar surface area (TPSA) is 58.6 Å². The van der Waals surface area contributed by atoms with Gasteiger partial charge < -0.3 is 4.74 Å². The van der Waals surface area contributed by atoms with Crippen molar-refractivity contribution < 1.29 is 9.53 Å². The number of aromatic nitrogens is 2. The van der Waals surface area contributed by atoms with E-state index in [9.17, 15) is 4.79 Å². The van der Waals surface area contributed by atoms with Crippen molar-refractivity contribution in [2.75, 3.05) is 25.6 Å². The molecule has 0 atom stereocenters. The fraction of sp³-hybridized carbons (Fsp3) is 0.577. The van der Waals surface area contributed by atoms with E-state index in [2.05, 4.69) is 52.6 Å². The number of carbonyl (C=O) groups excluding carboxylic acids is 1. The van der Waals surface area contributed by atoms with Crippen molar-refractivity contribution in [3.63, 3.8) is 0 Å². The zero-order valence-corrected chi connectivity index (χ0v) is 21.0. The van der Waals surface area contributed by atoms with Crippen LogP contribution in [0.25, 0.3) is 0 Å². The van der Waals surface area contributed by atoms with Gasteiger partial charge in [0.25, 0.3) is 0 Å². The fourth-order valence-corrected chi connectivity index (χ4v) is 4.45. The highest BCUT2D eigenvalue weighted by molar-refractivity contribution is 5.95. The van der Waals surface area contributed by atoms with Gasteiger partial charge in [-0.2, -0.15) is 0 Å². The summed E-state index contributed by atoms with van der Waals surface area (Å²) in [4.78, 5) is 26.5. The number of aryl methyl sites for hydroxylation is 2. The van der Waals surface area contributed by atoms with Crippen molar-refractivity contribution in [2.45, 2.75) is 73.9 Å². The Kier molecular flexibility index (Phi) is 7.55. The van der Waals surface area contributed by atoms with Crippen molar-refractivity contribution in [1.82, 2.24) is 14.9 Å². The summed E-state index contributed by atoms with van der Waals surface area (Å²) in [5.41, 5.74) is 7.10. The number of hydrogen-bond donors (Lipinski definition) is 0. The van der Waals surface area contributed by atoms with Crippen molar-refractivity contribution in [3.8, 4) is 5.75 Å². The minimum Gasteiger partial charge on any atom is -0.496 e. The number of rotatable bonds is 8. The molecule has 0 spiro atoms. The Morgan fingerprint density at radius 3 is 2.47 bits per heavy atom. The average molecular weight is 439 g/mol. The Balaban J connectivity index is 1.84. The van der Waals surface area contributed by atoms with E-state index in [0.717, 1.165) is 54.6 Å². The Hall–Kier alpha value is -2.47. The minimum atomic E-state index is 0.176. The molecule has 0 bridgehead atoms. The van der Waals surface area contributed by atoms with Crippen LogP contribution >= 0.6 is 0 Å². The largest absolute Gasteiger partial charge is 0.496 e. The first kappa shape index (κ1) is 24.2. The van der Waals surface area contributed by atoms with Crippen LogP contribution in [-0.2, 0) is 24.3 Å². The van der Waals surface area contributed by atoms with Gasteiger partial charge in [0.2, 0.25) is 5.91 Å². The van der Waals surface area contributed by atoms with Crippen molar-refractivity contribution in [1.29, 1.82) is 0 Å². The van der Waals surface area contributed by atoms with E-state index >= 15 is 0 Å². The smallest absolute Gasteiger partial charge is 0.228 e. The van der Waals surface area contributed by atoms with Crippen molar-refractivity contribution in [3.05, 3.63) is 45.4 Å². The van der Waals surface area contributed by atoms with Crippen LogP contribution in [-0.4, -0.2) is 41.5 Å². The van der Waals surface area contributed by atoms with E-state index in [1.54, 1.807) is 7.11 Å². The summed E-state index contributed by atoms with van der Waals surface area (Å²) in [5, 5.41) is 0. The van der Waals surface area contributed by atoms with E-state index in [-0.39, 0.29) is 5.91 Å². The molecular formula is C26H38N4O2. The molecule has 0 fully saturated rings. The summed E-state index contributed by atoms with van der Waals surface area (Å²) < 4.78 is 5.52. The molecule has 32 heavy (non-hydrogen) atoms. The van der Waals surface area contributed by atoms with Gasteiger partial charge in [-0.05, 0) is 81.8 Å². The zero-order chi connectivity index (χ0) is 23.6. The molecular weight excluding hydrogens is 400 g/mol. The lowest BCUT2D eigenvalue weighted by atomic mass is 9.97. The molecule has 2 aromatic rings. The summed E-state index contributed by atoms with van der Waals surface area (Å²) in [5.74, 6) is 3.25. The number of amides is 1. The molecule has 1 aliphatic rings. The highest BCUT2D eigenvalue weighted by Gasteiger charge is 2.28. The SMILES string of the molecule is COc1cc(C)c(CN(C)Cc2nc(C)c3c(n2)N(CCC(C)C)C(=O)CC3)c(C)c1C. The molecule has 6 nitrogen and oxygen atoms in total. The maximum atomic E-state index is 12.7. The summed E-state index contributed by atoms with van der Waals surface area (Å²) >= 11 is 0. The van der Waals surface area contributed by atoms with Crippen LogP contribution in [0.1, 0.15) is 66.0 Å². The second-order valence-corrected chi connectivity index (χ2v) is 9.55. The quantitative estimate of drug-likeness (QED) is 0.599. The first-order valence-electron chi connectivity index (χ1n) is 11.6. The monoisotopic (exact) mass is 438 g/mol. The third kappa shape index (κ3) is 5.12. The second kappa shape index (κ2) is 9.99. The maximum Gasteiger partial charge on any atom is 0.228 e. The van der Waals surface area contributed by atoms with E-state index in [1.165, 1.54) is 22.3 Å². The molecule has 0 unspecified atom stereocenters. The van der Waals surface area contributed by atoms with Gasteiger partial charge in [0.1, 0.15) is 17.4 Å². The first-order chi connectivity index (χ1) is 15.1. The Bertz CT molecular complexity index is 1000. The molecule has 0 N–H and O–H groups in total. The molecule has 6 heteroatoms. The number of nitrogens with zero attached hydrogens (tertiary/aromatic N) is 4. The highest BCUT2D eigenvalue weighted by atomic mass is 16.5. The summed E-state index contributed by atoms with van der Waals surface area (Å²) in [6.07, 6.45) is 2.25. The Labute approximate surface area is 193 Å². The van der Waals surface area contributed by atoms with Gasteiger partial charge in [0.15, 0.2) is 0 Å². The third-order valence-electron chi connectivity index (χ3n) is 6.58. The van der Waals surface area contributed by atoms with Gasteiger partial charge in [-0.3, -0.25) is 14.6 Å². The fourth-order valence-electron chi connectivity index (χ4n) is 4.45. The summed E-state index contributed by atoms with van der Waals surface area (Å²) in [6, 6.07) is 2.11. The lowest BCUT2D eigenvalue weighted by Gasteiger charge is -2.30. The number of methoxy groups -OCH3 is 1. The molecule has 1 amide bonds. The van der Waals surface area contributed by atoms with Crippen LogP contribution < -0.4 is 9.64 Å². The normalized spacial score (nSPS) is 13.8. The van der Waals surface area contributed by atoms with Gasteiger partial charge in [-0.15, -0.1) is 0 Å². The van der Waals surface area contributed by atoms with Crippen LogP contribution in [0.4, 0.5) is 5.82 Å². The molecule has 0 saturated heterocycles. The lowest BCUT2D eigenvalue weighted by Crippen LogP contribution is -2.38. The molecule has 0 radical (unpaired) electrons. The number of benzene rings is 1. The van der Waals surface area contributed by atoms with E-state index < -0.39 is 0 Å².